The van der Waals surface area contributed by atoms with Crippen LogP contribution in [0.1, 0.15) is 27.7 Å². The topological polar surface area (TPSA) is 36.1 Å². The normalized spacial score (nSPS) is 26.6. The fourth-order valence-corrected chi connectivity index (χ4v) is 46.3. The van der Waals surface area contributed by atoms with E-state index >= 15 is 0 Å². The molecule has 96 valence electrons. The van der Waals surface area contributed by atoms with Gasteiger partial charge in [-0.05, 0) is 12.1 Å². The van der Waals surface area contributed by atoms with Crippen LogP contribution in [0.15, 0.2) is 0 Å². The molecule has 1 heterocycles. The molecule has 16 heavy (non-hydrogen) atoms. The van der Waals surface area contributed by atoms with Gasteiger partial charge in [-0.2, -0.15) is 0 Å². The molecule has 3 nitrogen and oxygen atoms in total. The quantitative estimate of drug-likeness (QED) is 0.690. The molecule has 0 bridgehead atoms. The van der Waals surface area contributed by atoms with Crippen molar-refractivity contribution in [3.05, 3.63) is 0 Å². The first-order chi connectivity index (χ1) is 7.45. The molecule has 0 aromatic rings. The highest BCUT2D eigenvalue weighted by molar-refractivity contribution is 7.69. The number of nitrogens with one attached hydrogen (secondary N) is 3. The minimum atomic E-state index is -1.27. The van der Waals surface area contributed by atoms with Crippen LogP contribution >= 0.6 is 0 Å². The molecule has 0 atom stereocenters. The molecule has 0 radical (unpaired) electrons. The molecule has 1 saturated heterocycles. The molecular formula is C10H29N3Si3. The minimum absolute atomic E-state index is 1.14. The summed E-state index contributed by atoms with van der Waals surface area (Å²) in [5, 5.41) is 7.40. The highest BCUT2D eigenvalue weighted by atomic mass is 29.6. The largest absolute Gasteiger partial charge is 0.269 e. The number of hydrazine groups is 2. The summed E-state index contributed by atoms with van der Waals surface area (Å²) in [6.07, 6.45) is 0. The van der Waals surface area contributed by atoms with E-state index in [1.54, 1.807) is 0 Å². The summed E-state index contributed by atoms with van der Waals surface area (Å²) in [6.45, 7) is 14.8. The zero-order chi connectivity index (χ0) is 12.4. The Morgan fingerprint density at radius 1 is 0.750 bits per heavy atom. The van der Waals surface area contributed by atoms with Crippen molar-refractivity contribution in [2.75, 3.05) is 0 Å². The van der Waals surface area contributed by atoms with E-state index in [1.807, 2.05) is 0 Å². The SMILES string of the molecule is CC[Si]1(CC)NNN[Si](C)(C)[Si]1(CC)CC. The average Bonchev–Trinajstić information content (AvgIpc) is 2.28. The summed E-state index contributed by atoms with van der Waals surface area (Å²) in [7, 11) is -3.68. The first-order valence-corrected chi connectivity index (χ1v) is 16.6. The lowest BCUT2D eigenvalue weighted by Crippen LogP contribution is -2.92. The van der Waals surface area contributed by atoms with Gasteiger partial charge in [-0.3, -0.25) is 10.2 Å². The van der Waals surface area contributed by atoms with Crippen molar-refractivity contribution in [2.24, 2.45) is 0 Å². The Morgan fingerprint density at radius 2 is 1.25 bits per heavy atom. The zero-order valence-corrected chi connectivity index (χ0v) is 14.8. The van der Waals surface area contributed by atoms with Gasteiger partial charge in [0, 0.05) is 0 Å². The second-order valence-corrected chi connectivity index (χ2v) is 30.3. The van der Waals surface area contributed by atoms with Crippen LogP contribution in [-0.4, -0.2) is 22.6 Å². The molecule has 0 unspecified atom stereocenters. The Morgan fingerprint density at radius 3 is 1.56 bits per heavy atom. The first kappa shape index (κ1) is 14.6. The summed E-state index contributed by atoms with van der Waals surface area (Å²) in [5.41, 5.74) is 3.35. The molecule has 0 aromatic carbocycles. The highest BCUT2D eigenvalue weighted by Gasteiger charge is 2.62. The Bertz CT molecular complexity index is 237. The van der Waals surface area contributed by atoms with Crippen LogP contribution in [0.4, 0.5) is 0 Å². The lowest BCUT2D eigenvalue weighted by Gasteiger charge is -2.58. The summed E-state index contributed by atoms with van der Waals surface area (Å²) in [4.78, 5) is 0. The highest BCUT2D eigenvalue weighted by Crippen LogP contribution is 2.38. The first-order valence-electron chi connectivity index (χ1n) is 6.74. The molecule has 6 heteroatoms. The van der Waals surface area contributed by atoms with Crippen LogP contribution in [0.5, 0.6) is 0 Å². The van der Waals surface area contributed by atoms with E-state index in [0.717, 1.165) is 0 Å². The molecule has 1 aliphatic rings. The molecule has 1 rings (SSSR count). The van der Waals surface area contributed by atoms with Crippen molar-refractivity contribution >= 4 is 22.6 Å². The second-order valence-electron chi connectivity index (χ2n) is 5.58. The van der Waals surface area contributed by atoms with Gasteiger partial charge in [0.15, 0.2) is 0 Å². The summed E-state index contributed by atoms with van der Waals surface area (Å²) >= 11 is 0. The summed E-state index contributed by atoms with van der Waals surface area (Å²) in [5.74, 6) is 0. The van der Waals surface area contributed by atoms with Crippen molar-refractivity contribution in [3.8, 4) is 0 Å². The van der Waals surface area contributed by atoms with Gasteiger partial charge in [-0.15, -0.1) is 0 Å². The predicted molar refractivity (Wildman–Crippen MR) is 80.3 cm³/mol. The average molecular weight is 276 g/mol. The van der Waals surface area contributed by atoms with E-state index in [4.69, 9.17) is 0 Å². The van der Waals surface area contributed by atoms with Gasteiger partial charge in [0.25, 0.3) is 0 Å². The fourth-order valence-electron chi connectivity index (χ4n) is 4.06. The maximum absolute atomic E-state index is 3.75. The van der Waals surface area contributed by atoms with Crippen LogP contribution in [-0.2, 0) is 0 Å². The van der Waals surface area contributed by atoms with Crippen molar-refractivity contribution < 1.29 is 0 Å². The van der Waals surface area contributed by atoms with E-state index in [9.17, 15) is 0 Å². The third-order valence-corrected chi connectivity index (χ3v) is 45.3. The molecule has 0 saturated carbocycles. The van der Waals surface area contributed by atoms with Crippen molar-refractivity contribution in [3.63, 3.8) is 0 Å². The van der Waals surface area contributed by atoms with Gasteiger partial charge >= 0.3 is 0 Å². The summed E-state index contributed by atoms with van der Waals surface area (Å²) < 4.78 is 0. The second kappa shape index (κ2) is 5.03. The molecule has 1 fully saturated rings. The van der Waals surface area contributed by atoms with Crippen LogP contribution in [0.3, 0.4) is 0 Å². The van der Waals surface area contributed by atoms with Gasteiger partial charge in [0.05, 0.1) is 7.11 Å². The predicted octanol–water partition coefficient (Wildman–Crippen LogP) is 2.43. The lowest BCUT2D eigenvalue weighted by atomic mass is 10.9. The third kappa shape index (κ3) is 1.79. The fraction of sp³-hybridized carbons (Fsp3) is 1.00. The monoisotopic (exact) mass is 275 g/mol. The van der Waals surface area contributed by atoms with E-state index in [2.05, 4.69) is 56.5 Å². The standard InChI is InChI=1S/C10H29N3Si3/c1-7-15(8-2)13-11-12-14(5,6)16(15,9-3)10-4/h11-13H,7-10H2,1-6H3. The van der Waals surface area contributed by atoms with E-state index < -0.39 is 22.6 Å². The van der Waals surface area contributed by atoms with Gasteiger partial charge in [0.1, 0.15) is 15.5 Å². The van der Waals surface area contributed by atoms with E-state index in [1.165, 1.54) is 24.2 Å². The van der Waals surface area contributed by atoms with Gasteiger partial charge in [0.2, 0.25) is 0 Å². The number of hydrogen-bond donors (Lipinski definition) is 3. The Labute approximate surface area is 103 Å². The van der Waals surface area contributed by atoms with Gasteiger partial charge in [-0.25, -0.2) is 5.53 Å². The van der Waals surface area contributed by atoms with Crippen LogP contribution < -0.4 is 15.7 Å². The molecule has 0 spiro atoms. The summed E-state index contributed by atoms with van der Waals surface area (Å²) in [6, 6.07) is 5.70. The minimum Gasteiger partial charge on any atom is -0.269 e. The molecule has 3 N–H and O–H groups in total. The van der Waals surface area contributed by atoms with Crippen molar-refractivity contribution in [1.29, 1.82) is 0 Å². The third-order valence-electron chi connectivity index (χ3n) is 5.20. The lowest BCUT2D eigenvalue weighted by molar-refractivity contribution is 0.609. The van der Waals surface area contributed by atoms with Crippen molar-refractivity contribution in [1.82, 2.24) is 15.7 Å². The van der Waals surface area contributed by atoms with Crippen LogP contribution in [0.25, 0.3) is 0 Å². The van der Waals surface area contributed by atoms with Gasteiger partial charge < -0.3 is 0 Å². The number of hydrogen-bond acceptors (Lipinski definition) is 3. The van der Waals surface area contributed by atoms with E-state index in [0.29, 0.717) is 0 Å². The zero-order valence-electron chi connectivity index (χ0n) is 11.8. The molecular weight excluding hydrogens is 246 g/mol. The Kier molecular flexibility index (Phi) is 4.59. The molecule has 0 aliphatic carbocycles. The van der Waals surface area contributed by atoms with Crippen LogP contribution in [0.2, 0.25) is 37.3 Å². The van der Waals surface area contributed by atoms with Crippen molar-refractivity contribution in [2.45, 2.75) is 65.0 Å². The Balaban J connectivity index is 3.25. The maximum Gasteiger partial charge on any atom is 0.132 e. The molecule has 1 aliphatic heterocycles. The Hall–Kier alpha value is 0.531. The maximum atomic E-state index is 3.75. The molecule has 0 amide bonds. The van der Waals surface area contributed by atoms with Gasteiger partial charge in [-0.1, -0.05) is 52.9 Å². The number of rotatable bonds is 4. The molecule has 0 aromatic heterocycles. The van der Waals surface area contributed by atoms with E-state index in [-0.39, 0.29) is 0 Å². The van der Waals surface area contributed by atoms with Crippen LogP contribution in [0, 0.1) is 0 Å². The smallest absolute Gasteiger partial charge is 0.132 e.